The maximum Gasteiger partial charge on any atom is 0.125 e. The van der Waals surface area contributed by atoms with Crippen molar-refractivity contribution in [1.82, 2.24) is 0 Å². The number of anilines is 1. The molecule has 2 rings (SSSR count). The quantitative estimate of drug-likeness (QED) is 0.782. The van der Waals surface area contributed by atoms with Gasteiger partial charge in [-0.3, -0.25) is 0 Å². The van der Waals surface area contributed by atoms with Crippen LogP contribution in [0.5, 0.6) is 0 Å². The molecule has 3 heteroatoms. The SMILES string of the molecule is CC1(C)C(CC#N)CCN1c1cccc(F)c1. The van der Waals surface area contributed by atoms with E-state index in [0.717, 1.165) is 18.7 Å². The summed E-state index contributed by atoms with van der Waals surface area (Å²) in [5, 5.41) is 8.83. The standard InChI is InChI=1S/C14H17FN2/c1-14(2)11(6-8-16)7-9-17(14)13-5-3-4-12(15)10-13/h3-5,10-11H,6-7,9H2,1-2H3. The number of rotatable bonds is 2. The fraction of sp³-hybridized carbons (Fsp3) is 0.500. The maximum atomic E-state index is 13.2. The van der Waals surface area contributed by atoms with E-state index in [4.69, 9.17) is 5.26 Å². The lowest BCUT2D eigenvalue weighted by Gasteiger charge is -2.37. The first-order valence-electron chi connectivity index (χ1n) is 5.96. The average molecular weight is 232 g/mol. The molecule has 0 spiro atoms. The van der Waals surface area contributed by atoms with Crippen LogP contribution in [0.25, 0.3) is 0 Å². The predicted octanol–water partition coefficient (Wildman–Crippen LogP) is 3.34. The molecule has 1 aromatic rings. The first kappa shape index (κ1) is 11.9. The molecule has 0 aliphatic carbocycles. The zero-order valence-corrected chi connectivity index (χ0v) is 10.3. The summed E-state index contributed by atoms with van der Waals surface area (Å²) < 4.78 is 13.2. The summed E-state index contributed by atoms with van der Waals surface area (Å²) in [6.07, 6.45) is 1.57. The molecule has 1 fully saturated rings. The minimum absolute atomic E-state index is 0.0798. The topological polar surface area (TPSA) is 27.0 Å². The van der Waals surface area contributed by atoms with Crippen molar-refractivity contribution in [3.05, 3.63) is 30.1 Å². The lowest BCUT2D eigenvalue weighted by atomic mass is 9.86. The van der Waals surface area contributed by atoms with Gasteiger partial charge >= 0.3 is 0 Å². The van der Waals surface area contributed by atoms with Gasteiger partial charge in [-0.1, -0.05) is 6.07 Å². The van der Waals surface area contributed by atoms with Gasteiger partial charge in [-0.2, -0.15) is 5.26 Å². The third-order valence-corrected chi connectivity index (χ3v) is 3.85. The molecule has 1 atom stereocenters. The monoisotopic (exact) mass is 232 g/mol. The molecule has 0 aromatic heterocycles. The molecule has 2 nitrogen and oxygen atoms in total. The Balaban J connectivity index is 2.27. The van der Waals surface area contributed by atoms with Gasteiger partial charge in [0.25, 0.3) is 0 Å². The molecule has 90 valence electrons. The smallest absolute Gasteiger partial charge is 0.125 e. The van der Waals surface area contributed by atoms with Gasteiger partial charge in [0, 0.05) is 24.2 Å². The molecule has 0 radical (unpaired) electrons. The molecule has 1 saturated heterocycles. The lowest BCUT2D eigenvalue weighted by molar-refractivity contribution is 0.371. The lowest BCUT2D eigenvalue weighted by Crippen LogP contribution is -2.42. The van der Waals surface area contributed by atoms with Gasteiger partial charge < -0.3 is 4.90 Å². The second-order valence-electron chi connectivity index (χ2n) is 5.13. The van der Waals surface area contributed by atoms with Gasteiger partial charge in [0.2, 0.25) is 0 Å². The van der Waals surface area contributed by atoms with Crippen LogP contribution in [0.1, 0.15) is 26.7 Å². The van der Waals surface area contributed by atoms with E-state index in [1.54, 1.807) is 12.1 Å². The Morgan fingerprint density at radius 2 is 2.29 bits per heavy atom. The van der Waals surface area contributed by atoms with E-state index in [0.29, 0.717) is 12.3 Å². The number of hydrogen-bond acceptors (Lipinski definition) is 2. The molecular formula is C14H17FN2. The third kappa shape index (κ3) is 2.12. The molecule has 17 heavy (non-hydrogen) atoms. The number of hydrogen-bond donors (Lipinski definition) is 0. The van der Waals surface area contributed by atoms with Gasteiger partial charge in [-0.15, -0.1) is 0 Å². The van der Waals surface area contributed by atoms with Crippen molar-refractivity contribution in [3.8, 4) is 6.07 Å². The number of nitrogens with zero attached hydrogens (tertiary/aromatic N) is 2. The predicted molar refractivity (Wildman–Crippen MR) is 66.2 cm³/mol. The van der Waals surface area contributed by atoms with Crippen molar-refractivity contribution in [2.75, 3.05) is 11.4 Å². The molecule has 0 bridgehead atoms. The van der Waals surface area contributed by atoms with Gasteiger partial charge in [0.05, 0.1) is 6.07 Å². The van der Waals surface area contributed by atoms with E-state index in [9.17, 15) is 4.39 Å². The molecule has 1 aliphatic rings. The van der Waals surface area contributed by atoms with E-state index in [2.05, 4.69) is 24.8 Å². The summed E-state index contributed by atoms with van der Waals surface area (Å²) in [5.41, 5.74) is 0.833. The molecule has 0 saturated carbocycles. The summed E-state index contributed by atoms with van der Waals surface area (Å²) in [6, 6.07) is 8.94. The molecule has 1 aliphatic heterocycles. The van der Waals surface area contributed by atoms with Gasteiger partial charge in [-0.05, 0) is 44.4 Å². The number of nitriles is 1. The summed E-state index contributed by atoms with van der Waals surface area (Å²) in [4.78, 5) is 2.21. The van der Waals surface area contributed by atoms with Crippen LogP contribution in [0.15, 0.2) is 24.3 Å². The van der Waals surface area contributed by atoms with Crippen LogP contribution < -0.4 is 4.90 Å². The largest absolute Gasteiger partial charge is 0.366 e. The highest BCUT2D eigenvalue weighted by Crippen LogP contribution is 2.39. The minimum atomic E-state index is -0.206. The van der Waals surface area contributed by atoms with E-state index >= 15 is 0 Å². The first-order chi connectivity index (χ1) is 8.05. The highest BCUT2D eigenvalue weighted by Gasteiger charge is 2.40. The van der Waals surface area contributed by atoms with Crippen LogP contribution in [0, 0.1) is 23.1 Å². The minimum Gasteiger partial charge on any atom is -0.366 e. The van der Waals surface area contributed by atoms with E-state index < -0.39 is 0 Å². The van der Waals surface area contributed by atoms with Crippen molar-refractivity contribution in [2.24, 2.45) is 5.92 Å². The third-order valence-electron chi connectivity index (χ3n) is 3.85. The normalized spacial score (nSPS) is 22.5. The van der Waals surface area contributed by atoms with Crippen LogP contribution in [-0.4, -0.2) is 12.1 Å². The second kappa shape index (κ2) is 4.37. The van der Waals surface area contributed by atoms with E-state index in [-0.39, 0.29) is 11.4 Å². The van der Waals surface area contributed by atoms with Crippen molar-refractivity contribution in [3.63, 3.8) is 0 Å². The van der Waals surface area contributed by atoms with E-state index in [1.807, 2.05) is 6.07 Å². The summed E-state index contributed by atoms with van der Waals surface area (Å²) in [6.45, 7) is 5.16. The molecular weight excluding hydrogens is 215 g/mol. The van der Waals surface area contributed by atoms with Crippen LogP contribution in [0.2, 0.25) is 0 Å². The van der Waals surface area contributed by atoms with Crippen LogP contribution in [0.3, 0.4) is 0 Å². The molecule has 0 N–H and O–H groups in total. The Labute approximate surface area is 102 Å². The fourth-order valence-corrected chi connectivity index (χ4v) is 2.71. The second-order valence-corrected chi connectivity index (χ2v) is 5.13. The summed E-state index contributed by atoms with van der Waals surface area (Å²) >= 11 is 0. The Hall–Kier alpha value is -1.56. The summed E-state index contributed by atoms with van der Waals surface area (Å²) in [7, 11) is 0. The highest BCUT2D eigenvalue weighted by molar-refractivity contribution is 5.50. The van der Waals surface area contributed by atoms with Gasteiger partial charge in [-0.25, -0.2) is 4.39 Å². The van der Waals surface area contributed by atoms with Crippen molar-refractivity contribution >= 4 is 5.69 Å². The fourth-order valence-electron chi connectivity index (χ4n) is 2.71. The van der Waals surface area contributed by atoms with Crippen molar-refractivity contribution < 1.29 is 4.39 Å². The van der Waals surface area contributed by atoms with Crippen LogP contribution in [-0.2, 0) is 0 Å². The Kier molecular flexibility index (Phi) is 3.06. The van der Waals surface area contributed by atoms with Gasteiger partial charge in [0.15, 0.2) is 0 Å². The molecule has 1 heterocycles. The average Bonchev–Trinajstić information content (AvgIpc) is 2.55. The molecule has 1 aromatic carbocycles. The molecule has 0 amide bonds. The number of benzene rings is 1. The maximum absolute atomic E-state index is 13.2. The number of halogens is 1. The summed E-state index contributed by atoms with van der Waals surface area (Å²) in [5.74, 6) is 0.151. The van der Waals surface area contributed by atoms with Crippen molar-refractivity contribution in [1.29, 1.82) is 5.26 Å². The van der Waals surface area contributed by atoms with E-state index in [1.165, 1.54) is 6.07 Å². The first-order valence-corrected chi connectivity index (χ1v) is 5.96. The van der Waals surface area contributed by atoms with Crippen LogP contribution in [0.4, 0.5) is 10.1 Å². The van der Waals surface area contributed by atoms with Gasteiger partial charge in [0.1, 0.15) is 5.82 Å². The zero-order chi connectivity index (χ0) is 12.5. The Morgan fingerprint density at radius 1 is 1.53 bits per heavy atom. The molecule has 1 unspecified atom stereocenters. The Bertz CT molecular complexity index is 448. The van der Waals surface area contributed by atoms with Crippen LogP contribution >= 0.6 is 0 Å². The van der Waals surface area contributed by atoms with Crippen molar-refractivity contribution in [2.45, 2.75) is 32.2 Å². The Morgan fingerprint density at radius 3 is 2.94 bits per heavy atom. The highest BCUT2D eigenvalue weighted by atomic mass is 19.1. The zero-order valence-electron chi connectivity index (χ0n) is 10.3.